The summed E-state index contributed by atoms with van der Waals surface area (Å²) in [5.74, 6) is -1.02. The lowest BCUT2D eigenvalue weighted by molar-refractivity contribution is -0.151. The number of benzene rings is 1. The van der Waals surface area contributed by atoms with Crippen LogP contribution in [0.25, 0.3) is 0 Å². The van der Waals surface area contributed by atoms with Crippen LogP contribution in [0, 0.1) is 11.3 Å². The van der Waals surface area contributed by atoms with Crippen LogP contribution in [-0.2, 0) is 24.5 Å². The van der Waals surface area contributed by atoms with E-state index in [1.807, 2.05) is 6.07 Å². The molecule has 0 atom stereocenters. The van der Waals surface area contributed by atoms with E-state index in [2.05, 4.69) is 6.07 Å². The van der Waals surface area contributed by atoms with Crippen molar-refractivity contribution in [3.63, 3.8) is 0 Å². The molecule has 1 rings (SSSR count). The highest BCUT2D eigenvalue weighted by atomic mass is 16.5. The summed E-state index contributed by atoms with van der Waals surface area (Å²) in [6.07, 6.45) is -0.952. The molecule has 0 aliphatic heterocycles. The number of nitriles is 1. The highest BCUT2D eigenvalue weighted by molar-refractivity contribution is 5.77. The molecule has 0 aliphatic carbocycles. The smallest absolute Gasteiger partial charge is 0.308 e. The molecule has 0 unspecified atom stereocenters. The molecular formula is C18H23NO4. The van der Waals surface area contributed by atoms with E-state index in [0.717, 1.165) is 0 Å². The summed E-state index contributed by atoms with van der Waals surface area (Å²) in [7, 11) is 0. The van der Waals surface area contributed by atoms with Gasteiger partial charge in [-0.15, -0.1) is 0 Å². The fourth-order valence-electron chi connectivity index (χ4n) is 2.27. The molecule has 0 heterocycles. The molecule has 1 aromatic rings. The second-order valence-electron chi connectivity index (χ2n) is 5.99. The number of carbonyl (C=O) groups is 2. The van der Waals surface area contributed by atoms with Crippen LogP contribution in [0.1, 0.15) is 46.1 Å². The lowest BCUT2D eigenvalue weighted by atomic mass is 9.76. The van der Waals surface area contributed by atoms with Crippen LogP contribution in [0.15, 0.2) is 30.3 Å². The van der Waals surface area contributed by atoms with Crippen molar-refractivity contribution in [3.05, 3.63) is 35.9 Å². The molecule has 0 aliphatic rings. The van der Waals surface area contributed by atoms with E-state index in [4.69, 9.17) is 9.47 Å². The molecule has 5 nitrogen and oxygen atoms in total. The van der Waals surface area contributed by atoms with Gasteiger partial charge in [0.05, 0.1) is 31.1 Å². The quantitative estimate of drug-likeness (QED) is 0.722. The summed E-state index contributed by atoms with van der Waals surface area (Å²) in [4.78, 5) is 24.2. The van der Waals surface area contributed by atoms with E-state index in [9.17, 15) is 14.9 Å². The van der Waals surface area contributed by atoms with Gasteiger partial charge in [-0.1, -0.05) is 30.3 Å². The number of carbonyl (C=O) groups excluding carboxylic acids is 2. The van der Waals surface area contributed by atoms with Crippen LogP contribution in [0.4, 0.5) is 0 Å². The van der Waals surface area contributed by atoms with Gasteiger partial charge in [0.15, 0.2) is 0 Å². The van der Waals surface area contributed by atoms with E-state index >= 15 is 0 Å². The van der Waals surface area contributed by atoms with Crippen LogP contribution in [-0.4, -0.2) is 24.1 Å². The van der Waals surface area contributed by atoms with Crippen molar-refractivity contribution in [1.82, 2.24) is 0 Å². The minimum Gasteiger partial charge on any atom is -0.463 e. The Morgan fingerprint density at radius 2 is 1.43 bits per heavy atom. The predicted octanol–water partition coefficient (Wildman–Crippen LogP) is 3.13. The third-order valence-corrected chi connectivity index (χ3v) is 3.17. The summed E-state index contributed by atoms with van der Waals surface area (Å²) in [5, 5.41) is 9.73. The molecule has 0 fully saturated rings. The molecule has 0 spiro atoms. The van der Waals surface area contributed by atoms with Crippen molar-refractivity contribution in [3.8, 4) is 6.07 Å². The number of rotatable bonds is 7. The highest BCUT2D eigenvalue weighted by Crippen LogP contribution is 2.32. The maximum atomic E-state index is 12.1. The molecule has 0 saturated heterocycles. The molecule has 1 aromatic carbocycles. The first kappa shape index (κ1) is 18.7. The zero-order chi connectivity index (χ0) is 17.5. The second-order valence-corrected chi connectivity index (χ2v) is 5.99. The summed E-state index contributed by atoms with van der Waals surface area (Å²) >= 11 is 0. The monoisotopic (exact) mass is 317 g/mol. The van der Waals surface area contributed by atoms with Crippen LogP contribution in [0.5, 0.6) is 0 Å². The van der Waals surface area contributed by atoms with Crippen molar-refractivity contribution in [2.24, 2.45) is 0 Å². The molecule has 0 amide bonds. The van der Waals surface area contributed by atoms with E-state index in [1.165, 1.54) is 0 Å². The van der Waals surface area contributed by atoms with Gasteiger partial charge in [-0.2, -0.15) is 5.26 Å². The van der Waals surface area contributed by atoms with E-state index < -0.39 is 17.4 Å². The first-order valence-corrected chi connectivity index (χ1v) is 7.65. The summed E-state index contributed by atoms with van der Waals surface area (Å²) in [6.45, 7) is 6.95. The van der Waals surface area contributed by atoms with Crippen LogP contribution in [0.2, 0.25) is 0 Å². The summed E-state index contributed by atoms with van der Waals surface area (Å²) < 4.78 is 10.3. The average Bonchev–Trinajstić information content (AvgIpc) is 2.45. The fraction of sp³-hybridized carbons (Fsp3) is 0.500. The largest absolute Gasteiger partial charge is 0.463 e. The average molecular weight is 317 g/mol. The van der Waals surface area contributed by atoms with Gasteiger partial charge in [0.25, 0.3) is 0 Å². The topological polar surface area (TPSA) is 76.4 Å². The molecule has 0 radical (unpaired) electrons. The van der Waals surface area contributed by atoms with Crippen molar-refractivity contribution in [2.75, 3.05) is 0 Å². The van der Waals surface area contributed by atoms with Gasteiger partial charge < -0.3 is 9.47 Å². The maximum Gasteiger partial charge on any atom is 0.308 e. The van der Waals surface area contributed by atoms with E-state index in [1.54, 1.807) is 52.0 Å². The van der Waals surface area contributed by atoms with Crippen LogP contribution >= 0.6 is 0 Å². The lowest BCUT2D eigenvalue weighted by Gasteiger charge is -2.26. The summed E-state index contributed by atoms with van der Waals surface area (Å²) in [5.41, 5.74) is -0.692. The number of nitrogens with zero attached hydrogens (tertiary/aromatic N) is 1. The Kier molecular flexibility index (Phi) is 6.77. The molecule has 23 heavy (non-hydrogen) atoms. The predicted molar refractivity (Wildman–Crippen MR) is 85.4 cm³/mol. The fourth-order valence-corrected chi connectivity index (χ4v) is 2.27. The molecular weight excluding hydrogens is 294 g/mol. The van der Waals surface area contributed by atoms with Gasteiger partial charge in [-0.25, -0.2) is 0 Å². The van der Waals surface area contributed by atoms with Crippen molar-refractivity contribution >= 4 is 11.9 Å². The van der Waals surface area contributed by atoms with Gasteiger partial charge in [0.2, 0.25) is 0 Å². The third kappa shape index (κ3) is 5.74. The highest BCUT2D eigenvalue weighted by Gasteiger charge is 2.39. The molecule has 0 bridgehead atoms. The van der Waals surface area contributed by atoms with Gasteiger partial charge in [0.1, 0.15) is 5.41 Å². The maximum absolute atomic E-state index is 12.1. The van der Waals surface area contributed by atoms with Crippen LogP contribution < -0.4 is 0 Å². The first-order valence-electron chi connectivity index (χ1n) is 7.65. The van der Waals surface area contributed by atoms with E-state index in [0.29, 0.717) is 5.56 Å². The van der Waals surface area contributed by atoms with Crippen molar-refractivity contribution < 1.29 is 19.1 Å². The zero-order valence-electron chi connectivity index (χ0n) is 14.0. The molecule has 124 valence electrons. The Hall–Kier alpha value is -2.35. The number of esters is 2. The Bertz CT molecular complexity index is 548. The zero-order valence-corrected chi connectivity index (χ0v) is 14.0. The Morgan fingerprint density at radius 1 is 1.00 bits per heavy atom. The Labute approximate surface area is 137 Å². The second kappa shape index (κ2) is 8.33. The SMILES string of the molecule is CC(C)OC(=O)CC(C#N)(CC(=O)OC(C)C)c1ccccc1. The Balaban J connectivity index is 3.10. The summed E-state index contributed by atoms with van der Waals surface area (Å²) in [6, 6.07) is 10.9. The van der Waals surface area contributed by atoms with Crippen LogP contribution in [0.3, 0.4) is 0 Å². The van der Waals surface area contributed by atoms with Crippen molar-refractivity contribution in [2.45, 2.75) is 58.2 Å². The molecule has 5 heteroatoms. The van der Waals surface area contributed by atoms with Crippen molar-refractivity contribution in [1.29, 1.82) is 5.26 Å². The number of hydrogen-bond donors (Lipinski definition) is 0. The van der Waals surface area contributed by atoms with Gasteiger partial charge in [0, 0.05) is 0 Å². The molecule has 0 saturated carbocycles. The first-order chi connectivity index (χ1) is 10.8. The third-order valence-electron chi connectivity index (χ3n) is 3.17. The Morgan fingerprint density at radius 3 is 1.78 bits per heavy atom. The number of hydrogen-bond acceptors (Lipinski definition) is 5. The molecule has 0 N–H and O–H groups in total. The van der Waals surface area contributed by atoms with E-state index in [-0.39, 0.29) is 25.0 Å². The van der Waals surface area contributed by atoms with Gasteiger partial charge >= 0.3 is 11.9 Å². The standard InChI is InChI=1S/C18H23NO4/c1-13(2)22-16(20)10-18(12-19,11-17(21)23-14(3)4)15-8-6-5-7-9-15/h5-9,13-14H,10-11H2,1-4H3. The van der Waals surface area contributed by atoms with Gasteiger partial charge in [-0.3, -0.25) is 9.59 Å². The molecule has 0 aromatic heterocycles. The minimum absolute atomic E-state index is 0.196. The normalized spacial score (nSPS) is 11.2. The number of ether oxygens (including phenoxy) is 2. The minimum atomic E-state index is -1.29. The van der Waals surface area contributed by atoms with Gasteiger partial charge in [-0.05, 0) is 33.3 Å². The lowest BCUT2D eigenvalue weighted by Crippen LogP contribution is -2.33.